The zero-order valence-corrected chi connectivity index (χ0v) is 12.7. The molecule has 1 aromatic heterocycles. The van der Waals surface area contributed by atoms with E-state index in [-0.39, 0.29) is 11.9 Å². The van der Waals surface area contributed by atoms with Crippen LogP contribution in [0.25, 0.3) is 11.1 Å². The molecule has 108 valence electrons. The zero-order valence-electron chi connectivity index (χ0n) is 12.7. The molecule has 1 aromatic carbocycles. The lowest BCUT2D eigenvalue weighted by atomic mass is 9.96. The Balaban J connectivity index is 2.66. The fraction of sp³-hybridized carbons (Fsp3) is 0.294. The number of H-pyrrole nitrogens is 1. The number of benzene rings is 1. The number of carbonyl (C=O) groups excluding carboxylic acids is 1. The Hall–Kier alpha value is -2.54. The number of hydrogen-bond acceptors (Lipinski definition) is 3. The summed E-state index contributed by atoms with van der Waals surface area (Å²) in [5.74, 6) is -0.160. The largest absolute Gasteiger partial charge is 0.465 e. The number of aromatic nitrogens is 1. The van der Waals surface area contributed by atoms with E-state index in [1.54, 1.807) is 12.1 Å². The monoisotopic (exact) mass is 282 g/mol. The molecule has 4 nitrogen and oxygen atoms in total. The normalized spacial score (nSPS) is 10.5. The lowest BCUT2D eigenvalue weighted by Crippen LogP contribution is -2.06. The summed E-state index contributed by atoms with van der Waals surface area (Å²) in [6, 6.07) is 9.29. The van der Waals surface area contributed by atoms with Gasteiger partial charge in [-0.1, -0.05) is 26.0 Å². The average Bonchev–Trinajstić information content (AvgIpc) is 2.84. The van der Waals surface area contributed by atoms with Gasteiger partial charge in [0.05, 0.1) is 24.3 Å². The number of nitrogens with zero attached hydrogens (tertiary/aromatic N) is 1. The second-order valence-corrected chi connectivity index (χ2v) is 5.25. The van der Waals surface area contributed by atoms with Gasteiger partial charge in [-0.25, -0.2) is 4.79 Å². The highest BCUT2D eigenvalue weighted by Gasteiger charge is 2.24. The summed E-state index contributed by atoms with van der Waals surface area (Å²) >= 11 is 0. The molecule has 2 rings (SSSR count). The number of methoxy groups -OCH3 is 1. The molecule has 0 saturated heterocycles. The van der Waals surface area contributed by atoms with Crippen LogP contribution >= 0.6 is 0 Å². The van der Waals surface area contributed by atoms with E-state index in [1.807, 2.05) is 32.9 Å². The van der Waals surface area contributed by atoms with Crippen LogP contribution in [0.1, 0.15) is 47.1 Å². The zero-order chi connectivity index (χ0) is 15.6. The second-order valence-electron chi connectivity index (χ2n) is 5.25. The first-order valence-electron chi connectivity index (χ1n) is 6.80. The van der Waals surface area contributed by atoms with Crippen LogP contribution in [0.4, 0.5) is 0 Å². The topological polar surface area (TPSA) is 65.9 Å². The summed E-state index contributed by atoms with van der Waals surface area (Å²) in [6.45, 7) is 5.99. The molecule has 1 heterocycles. The predicted molar refractivity (Wildman–Crippen MR) is 81.1 cm³/mol. The van der Waals surface area contributed by atoms with Crippen molar-refractivity contribution >= 4 is 5.97 Å². The standard InChI is InChI=1S/C17H18N2O2/c1-10(2)16-15(17(20)21-4)14(11(3)19-16)13-7-5-12(9-18)6-8-13/h5-8,10,19H,1-4H3. The number of carbonyl (C=O) groups is 1. The maximum atomic E-state index is 12.2. The van der Waals surface area contributed by atoms with Gasteiger partial charge in [-0.3, -0.25) is 0 Å². The van der Waals surface area contributed by atoms with E-state index in [4.69, 9.17) is 10.00 Å². The van der Waals surface area contributed by atoms with Crippen molar-refractivity contribution in [3.8, 4) is 17.2 Å². The number of nitrogens with one attached hydrogen (secondary N) is 1. The van der Waals surface area contributed by atoms with Crippen LogP contribution in [-0.4, -0.2) is 18.1 Å². The molecule has 0 radical (unpaired) electrons. The van der Waals surface area contributed by atoms with Gasteiger partial charge in [0.25, 0.3) is 0 Å². The minimum Gasteiger partial charge on any atom is -0.465 e. The van der Waals surface area contributed by atoms with E-state index in [9.17, 15) is 4.79 Å². The number of nitriles is 1. The molecule has 2 aromatic rings. The van der Waals surface area contributed by atoms with Crippen molar-refractivity contribution in [1.82, 2.24) is 4.98 Å². The van der Waals surface area contributed by atoms with Crippen molar-refractivity contribution in [3.05, 3.63) is 46.8 Å². The highest BCUT2D eigenvalue weighted by atomic mass is 16.5. The Bertz CT molecular complexity index is 704. The van der Waals surface area contributed by atoms with E-state index in [2.05, 4.69) is 11.1 Å². The molecule has 1 N–H and O–H groups in total. The van der Waals surface area contributed by atoms with Crippen LogP contribution < -0.4 is 0 Å². The van der Waals surface area contributed by atoms with E-state index >= 15 is 0 Å². The van der Waals surface area contributed by atoms with Crippen LogP contribution in [-0.2, 0) is 4.74 Å². The van der Waals surface area contributed by atoms with Crippen LogP contribution in [0.15, 0.2) is 24.3 Å². The van der Waals surface area contributed by atoms with E-state index in [0.717, 1.165) is 22.5 Å². The van der Waals surface area contributed by atoms with Crippen molar-refractivity contribution in [1.29, 1.82) is 5.26 Å². The van der Waals surface area contributed by atoms with Gasteiger partial charge in [0.1, 0.15) is 0 Å². The van der Waals surface area contributed by atoms with Crippen LogP contribution in [0.3, 0.4) is 0 Å². The third-order valence-corrected chi connectivity index (χ3v) is 3.49. The Morgan fingerprint density at radius 3 is 2.38 bits per heavy atom. The van der Waals surface area contributed by atoms with Crippen molar-refractivity contribution in [2.45, 2.75) is 26.7 Å². The van der Waals surface area contributed by atoms with Crippen LogP contribution in [0.2, 0.25) is 0 Å². The third-order valence-electron chi connectivity index (χ3n) is 3.49. The molecule has 0 atom stereocenters. The number of esters is 1. The molecule has 0 aliphatic heterocycles. The Kier molecular flexibility index (Phi) is 4.13. The quantitative estimate of drug-likeness (QED) is 0.871. The number of aryl methyl sites for hydroxylation is 1. The molecule has 0 spiro atoms. The molecular weight excluding hydrogens is 264 g/mol. The van der Waals surface area contributed by atoms with Gasteiger partial charge in [0.15, 0.2) is 0 Å². The maximum Gasteiger partial charge on any atom is 0.340 e. The highest BCUT2D eigenvalue weighted by Crippen LogP contribution is 2.33. The average molecular weight is 282 g/mol. The van der Waals surface area contributed by atoms with Crippen LogP contribution in [0.5, 0.6) is 0 Å². The molecule has 0 saturated carbocycles. The van der Waals surface area contributed by atoms with Gasteiger partial charge in [0, 0.05) is 17.0 Å². The van der Waals surface area contributed by atoms with Crippen molar-refractivity contribution in [2.75, 3.05) is 7.11 Å². The molecular formula is C17H18N2O2. The smallest absolute Gasteiger partial charge is 0.340 e. The maximum absolute atomic E-state index is 12.2. The summed E-state index contributed by atoms with van der Waals surface area (Å²) in [6.07, 6.45) is 0. The summed E-state index contributed by atoms with van der Waals surface area (Å²) in [4.78, 5) is 15.5. The Morgan fingerprint density at radius 1 is 1.29 bits per heavy atom. The number of aromatic amines is 1. The Morgan fingerprint density at radius 2 is 1.90 bits per heavy atom. The van der Waals surface area contributed by atoms with E-state index in [1.165, 1.54) is 7.11 Å². The van der Waals surface area contributed by atoms with Crippen molar-refractivity contribution < 1.29 is 9.53 Å². The minimum absolute atomic E-state index is 0.185. The SMILES string of the molecule is COC(=O)c1c(C(C)C)[nH]c(C)c1-c1ccc(C#N)cc1. The van der Waals surface area contributed by atoms with Gasteiger partial charge in [-0.15, -0.1) is 0 Å². The molecule has 0 fully saturated rings. The van der Waals surface area contributed by atoms with Crippen molar-refractivity contribution in [3.63, 3.8) is 0 Å². The first-order valence-corrected chi connectivity index (χ1v) is 6.80. The first kappa shape index (κ1) is 14.9. The predicted octanol–water partition coefficient (Wildman–Crippen LogP) is 3.77. The summed E-state index contributed by atoms with van der Waals surface area (Å²) in [7, 11) is 1.39. The second kappa shape index (κ2) is 5.84. The van der Waals surface area contributed by atoms with E-state index in [0.29, 0.717) is 11.1 Å². The lowest BCUT2D eigenvalue weighted by molar-refractivity contribution is 0.0600. The molecule has 0 unspecified atom stereocenters. The number of hydrogen-bond donors (Lipinski definition) is 1. The summed E-state index contributed by atoms with van der Waals surface area (Å²) in [5, 5.41) is 8.88. The van der Waals surface area contributed by atoms with Crippen LogP contribution in [0, 0.1) is 18.3 Å². The van der Waals surface area contributed by atoms with Gasteiger partial charge in [-0.2, -0.15) is 5.26 Å². The first-order chi connectivity index (χ1) is 9.99. The minimum atomic E-state index is -0.345. The summed E-state index contributed by atoms with van der Waals surface area (Å²) in [5.41, 5.74) is 4.71. The molecule has 0 amide bonds. The van der Waals surface area contributed by atoms with Gasteiger partial charge >= 0.3 is 5.97 Å². The van der Waals surface area contributed by atoms with Crippen molar-refractivity contribution in [2.24, 2.45) is 0 Å². The number of ether oxygens (including phenoxy) is 1. The third kappa shape index (κ3) is 2.68. The molecule has 4 heteroatoms. The van der Waals surface area contributed by atoms with Gasteiger partial charge in [0.2, 0.25) is 0 Å². The molecule has 0 bridgehead atoms. The highest BCUT2D eigenvalue weighted by molar-refractivity contribution is 5.99. The number of rotatable bonds is 3. The van der Waals surface area contributed by atoms with Gasteiger partial charge in [-0.05, 0) is 30.5 Å². The molecule has 21 heavy (non-hydrogen) atoms. The summed E-state index contributed by atoms with van der Waals surface area (Å²) < 4.78 is 4.94. The molecule has 0 aliphatic carbocycles. The Labute approximate surface area is 124 Å². The fourth-order valence-electron chi connectivity index (χ4n) is 2.47. The van der Waals surface area contributed by atoms with Gasteiger partial charge < -0.3 is 9.72 Å². The lowest BCUT2D eigenvalue weighted by Gasteiger charge is -2.08. The van der Waals surface area contributed by atoms with E-state index < -0.39 is 0 Å². The fourth-order valence-corrected chi connectivity index (χ4v) is 2.47. The molecule has 0 aliphatic rings.